The number of aromatic amines is 1. The molecule has 0 saturated heterocycles. The smallest absolute Gasteiger partial charge is 0.181 e. The largest absolute Gasteiger partial charge is 0.330 e. The van der Waals surface area contributed by atoms with Gasteiger partial charge in [0.25, 0.3) is 0 Å². The third kappa shape index (κ3) is 3.39. The van der Waals surface area contributed by atoms with E-state index in [0.717, 1.165) is 33.4 Å². The van der Waals surface area contributed by atoms with Crippen molar-refractivity contribution in [3.63, 3.8) is 0 Å². The van der Waals surface area contributed by atoms with E-state index in [2.05, 4.69) is 65.2 Å². The van der Waals surface area contributed by atoms with Crippen molar-refractivity contribution in [2.45, 2.75) is 39.5 Å². The highest BCUT2D eigenvalue weighted by Gasteiger charge is 2.16. The van der Waals surface area contributed by atoms with E-state index >= 15 is 0 Å². The maximum absolute atomic E-state index is 5.61. The quantitative estimate of drug-likeness (QED) is 0.758. The maximum atomic E-state index is 5.61. The third-order valence-corrected chi connectivity index (χ3v) is 5.13. The summed E-state index contributed by atoms with van der Waals surface area (Å²) < 4.78 is 0. The normalized spacial score (nSPS) is 11.9. The number of hydrogen-bond donors (Lipinski definition) is 2. The number of nitrogens with two attached hydrogens (primary N) is 1. The Morgan fingerprint density at radius 2 is 1.83 bits per heavy atom. The summed E-state index contributed by atoms with van der Waals surface area (Å²) in [6.45, 7) is 9.22. The van der Waals surface area contributed by atoms with Crippen LogP contribution in [-0.4, -0.2) is 26.7 Å². The average molecular weight is 341 g/mol. The fourth-order valence-electron chi connectivity index (χ4n) is 2.51. The summed E-state index contributed by atoms with van der Waals surface area (Å²) in [5.41, 5.74) is 9.03. The predicted molar refractivity (Wildman–Crippen MR) is 99.1 cm³/mol. The summed E-state index contributed by atoms with van der Waals surface area (Å²) in [5, 5.41) is 8.45. The van der Waals surface area contributed by atoms with Crippen LogP contribution in [0, 0.1) is 6.92 Å². The summed E-state index contributed by atoms with van der Waals surface area (Å²) in [5.74, 6) is 1.47. The van der Waals surface area contributed by atoms with Gasteiger partial charge in [0, 0.05) is 12.0 Å². The number of thiazole rings is 1. The van der Waals surface area contributed by atoms with Crippen LogP contribution in [0.1, 0.15) is 37.0 Å². The van der Waals surface area contributed by atoms with E-state index in [0.29, 0.717) is 12.4 Å². The van der Waals surface area contributed by atoms with Gasteiger partial charge in [-0.1, -0.05) is 45.0 Å². The third-order valence-electron chi connectivity index (χ3n) is 3.91. The molecule has 3 aromatic rings. The number of nitrogens with zero attached hydrogens (tertiary/aromatic N) is 3. The van der Waals surface area contributed by atoms with Crippen molar-refractivity contribution in [3.05, 3.63) is 40.5 Å². The van der Waals surface area contributed by atoms with Crippen LogP contribution in [0.5, 0.6) is 0 Å². The van der Waals surface area contributed by atoms with E-state index in [1.54, 1.807) is 11.3 Å². The lowest BCUT2D eigenvalue weighted by molar-refractivity contribution is 0.590. The maximum Gasteiger partial charge on any atom is 0.181 e. The second kappa shape index (κ2) is 6.45. The Labute approximate surface area is 146 Å². The molecule has 5 nitrogen and oxygen atoms in total. The molecule has 0 atom stereocenters. The van der Waals surface area contributed by atoms with Crippen LogP contribution in [0.3, 0.4) is 0 Å². The van der Waals surface area contributed by atoms with Crippen LogP contribution in [0.15, 0.2) is 24.3 Å². The highest BCUT2D eigenvalue weighted by molar-refractivity contribution is 7.15. The molecule has 1 aromatic carbocycles. The second-order valence-electron chi connectivity index (χ2n) is 6.90. The topological polar surface area (TPSA) is 80.5 Å². The minimum absolute atomic E-state index is 0.141. The van der Waals surface area contributed by atoms with Crippen LogP contribution in [0.25, 0.3) is 22.1 Å². The fraction of sp³-hybridized carbons (Fsp3) is 0.389. The van der Waals surface area contributed by atoms with Crippen LogP contribution >= 0.6 is 11.3 Å². The van der Waals surface area contributed by atoms with Crippen molar-refractivity contribution in [1.29, 1.82) is 0 Å². The number of aromatic nitrogens is 4. The minimum Gasteiger partial charge on any atom is -0.330 e. The van der Waals surface area contributed by atoms with Gasteiger partial charge in [0.1, 0.15) is 0 Å². The van der Waals surface area contributed by atoms with Crippen molar-refractivity contribution in [2.24, 2.45) is 5.73 Å². The highest BCUT2D eigenvalue weighted by Crippen LogP contribution is 2.29. The lowest BCUT2D eigenvalue weighted by Gasteiger charge is -2.18. The van der Waals surface area contributed by atoms with E-state index < -0.39 is 0 Å². The molecule has 0 aliphatic heterocycles. The fourth-order valence-corrected chi connectivity index (χ4v) is 3.53. The lowest BCUT2D eigenvalue weighted by atomic mass is 9.87. The van der Waals surface area contributed by atoms with Crippen molar-refractivity contribution >= 4 is 11.3 Å². The Morgan fingerprint density at radius 3 is 2.46 bits per heavy atom. The molecule has 0 radical (unpaired) electrons. The van der Waals surface area contributed by atoms with E-state index in [-0.39, 0.29) is 5.41 Å². The molecule has 0 aliphatic rings. The first-order chi connectivity index (χ1) is 11.4. The van der Waals surface area contributed by atoms with Gasteiger partial charge in [0.15, 0.2) is 11.6 Å². The predicted octanol–water partition coefficient (Wildman–Crippen LogP) is 3.70. The summed E-state index contributed by atoms with van der Waals surface area (Å²) in [6, 6.07) is 8.44. The Bertz CT molecular complexity index is 824. The van der Waals surface area contributed by atoms with E-state index in [1.807, 2.05) is 6.92 Å². The Morgan fingerprint density at radius 1 is 1.12 bits per heavy atom. The van der Waals surface area contributed by atoms with Crippen molar-refractivity contribution < 1.29 is 0 Å². The number of benzene rings is 1. The first-order valence-corrected chi connectivity index (χ1v) is 8.90. The monoisotopic (exact) mass is 341 g/mol. The lowest BCUT2D eigenvalue weighted by Crippen LogP contribution is -2.10. The van der Waals surface area contributed by atoms with E-state index in [9.17, 15) is 0 Å². The zero-order chi connectivity index (χ0) is 17.3. The molecule has 126 valence electrons. The van der Waals surface area contributed by atoms with Crippen LogP contribution in [-0.2, 0) is 11.8 Å². The standard InChI is InChI=1S/C18H23N5S/c1-11-15(24-14(20-11)9-10-19)17-21-16(22-23-17)12-5-7-13(8-6-12)18(2,3)4/h5-8H,9-10,19H2,1-4H3,(H,21,22,23). The van der Waals surface area contributed by atoms with Gasteiger partial charge in [-0.15, -0.1) is 11.3 Å². The molecular formula is C18H23N5S. The molecule has 0 aliphatic carbocycles. The van der Waals surface area contributed by atoms with Gasteiger partial charge in [-0.3, -0.25) is 5.10 Å². The molecule has 2 heterocycles. The summed E-state index contributed by atoms with van der Waals surface area (Å²) >= 11 is 1.63. The molecule has 0 bridgehead atoms. The average Bonchev–Trinajstić information content (AvgIpc) is 3.14. The second-order valence-corrected chi connectivity index (χ2v) is 7.98. The zero-order valence-electron chi connectivity index (χ0n) is 14.6. The summed E-state index contributed by atoms with van der Waals surface area (Å²) in [7, 11) is 0. The number of rotatable bonds is 4. The van der Waals surface area contributed by atoms with E-state index in [4.69, 9.17) is 5.73 Å². The van der Waals surface area contributed by atoms with Gasteiger partial charge in [0.2, 0.25) is 0 Å². The molecular weight excluding hydrogens is 318 g/mol. The van der Waals surface area contributed by atoms with Gasteiger partial charge in [-0.25, -0.2) is 9.97 Å². The Balaban J connectivity index is 1.88. The molecule has 0 amide bonds. The molecule has 0 spiro atoms. The molecule has 0 unspecified atom stereocenters. The Hall–Kier alpha value is -2.05. The molecule has 0 fully saturated rings. The van der Waals surface area contributed by atoms with Gasteiger partial charge < -0.3 is 5.73 Å². The summed E-state index contributed by atoms with van der Waals surface area (Å²) in [4.78, 5) is 10.2. The van der Waals surface area contributed by atoms with Gasteiger partial charge >= 0.3 is 0 Å². The van der Waals surface area contributed by atoms with E-state index in [1.165, 1.54) is 5.56 Å². The highest BCUT2D eigenvalue weighted by atomic mass is 32.1. The number of H-pyrrole nitrogens is 1. The molecule has 24 heavy (non-hydrogen) atoms. The zero-order valence-corrected chi connectivity index (χ0v) is 15.4. The summed E-state index contributed by atoms with van der Waals surface area (Å²) in [6.07, 6.45) is 0.792. The van der Waals surface area contributed by atoms with Crippen molar-refractivity contribution in [3.8, 4) is 22.1 Å². The first-order valence-electron chi connectivity index (χ1n) is 8.08. The van der Waals surface area contributed by atoms with Crippen LogP contribution < -0.4 is 5.73 Å². The number of nitrogens with one attached hydrogen (secondary N) is 1. The van der Waals surface area contributed by atoms with Gasteiger partial charge in [0.05, 0.1) is 15.6 Å². The SMILES string of the molecule is Cc1nc(CCN)sc1-c1nc(-c2ccc(C(C)(C)C)cc2)n[nH]1. The molecule has 2 aromatic heterocycles. The molecule has 3 rings (SSSR count). The first kappa shape index (κ1) is 16.8. The van der Waals surface area contributed by atoms with Crippen LogP contribution in [0.2, 0.25) is 0 Å². The van der Waals surface area contributed by atoms with Gasteiger partial charge in [-0.2, -0.15) is 5.10 Å². The number of aryl methyl sites for hydroxylation is 1. The molecule has 3 N–H and O–H groups in total. The van der Waals surface area contributed by atoms with Crippen molar-refractivity contribution in [1.82, 2.24) is 20.2 Å². The number of hydrogen-bond acceptors (Lipinski definition) is 5. The minimum atomic E-state index is 0.141. The molecule has 6 heteroatoms. The molecule has 0 saturated carbocycles. The Kier molecular flexibility index (Phi) is 4.51. The van der Waals surface area contributed by atoms with Gasteiger partial charge in [-0.05, 0) is 24.4 Å². The van der Waals surface area contributed by atoms with Crippen molar-refractivity contribution in [2.75, 3.05) is 6.54 Å². The van der Waals surface area contributed by atoms with Crippen LogP contribution in [0.4, 0.5) is 0 Å².